The second-order valence-corrected chi connectivity index (χ2v) is 10.1. The van der Waals surface area contributed by atoms with Gasteiger partial charge in [0, 0.05) is 11.7 Å². The van der Waals surface area contributed by atoms with Crippen LogP contribution in [0, 0.1) is 0 Å². The van der Waals surface area contributed by atoms with Crippen LogP contribution in [-0.2, 0) is 27.1 Å². The second-order valence-electron chi connectivity index (χ2n) is 10.1. The van der Waals surface area contributed by atoms with Gasteiger partial charge in [0.2, 0.25) is 5.91 Å². The van der Waals surface area contributed by atoms with Gasteiger partial charge in [-0.05, 0) is 61.1 Å². The number of fused-ring (bicyclic) bond motifs is 2. The highest BCUT2D eigenvalue weighted by atomic mass is 16.5. The summed E-state index contributed by atoms with van der Waals surface area (Å²) in [5.74, 6) is 0.683. The summed E-state index contributed by atoms with van der Waals surface area (Å²) in [4.78, 5) is 27.7. The maximum absolute atomic E-state index is 13.2. The van der Waals surface area contributed by atoms with Crippen LogP contribution >= 0.6 is 0 Å². The Morgan fingerprint density at radius 1 is 1.05 bits per heavy atom. The van der Waals surface area contributed by atoms with Crippen LogP contribution < -0.4 is 15.4 Å². The Hall–Kier alpha value is -3.14. The summed E-state index contributed by atoms with van der Waals surface area (Å²) in [5, 5.41) is 16.5. The van der Waals surface area contributed by atoms with Crippen LogP contribution in [0.2, 0.25) is 0 Å². The van der Waals surface area contributed by atoms with Crippen LogP contribution in [0.15, 0.2) is 48.5 Å². The topological polar surface area (TPSA) is 109 Å². The molecule has 3 amide bonds. The van der Waals surface area contributed by atoms with Crippen molar-refractivity contribution in [2.45, 2.75) is 62.5 Å². The molecule has 1 aliphatic carbocycles. The van der Waals surface area contributed by atoms with Crippen LogP contribution in [0.25, 0.3) is 0 Å². The molecule has 9 nitrogen and oxygen atoms in total. The van der Waals surface area contributed by atoms with E-state index in [4.69, 9.17) is 14.2 Å². The molecule has 2 aliphatic heterocycles. The van der Waals surface area contributed by atoms with Gasteiger partial charge in [-0.25, -0.2) is 4.79 Å². The predicted octanol–water partition coefficient (Wildman–Crippen LogP) is 2.51. The van der Waals surface area contributed by atoms with Crippen molar-refractivity contribution in [3.8, 4) is 5.75 Å². The Balaban J connectivity index is 1.18. The molecular weight excluding hydrogens is 474 g/mol. The van der Waals surface area contributed by atoms with E-state index in [1.807, 2.05) is 12.1 Å². The van der Waals surface area contributed by atoms with E-state index in [9.17, 15) is 14.7 Å². The molecule has 9 heteroatoms. The van der Waals surface area contributed by atoms with Crippen LogP contribution in [0.3, 0.4) is 0 Å². The number of aliphatic hydroxyl groups excluding tert-OH is 1. The first kappa shape index (κ1) is 25.5. The van der Waals surface area contributed by atoms with E-state index in [1.165, 1.54) is 11.1 Å². The van der Waals surface area contributed by atoms with Crippen LogP contribution in [-0.4, -0.2) is 79.2 Å². The van der Waals surface area contributed by atoms with Crippen molar-refractivity contribution in [3.05, 3.63) is 59.7 Å². The minimum Gasteiger partial charge on any atom is -0.497 e. The molecule has 2 aromatic carbocycles. The number of carbonyl (C=O) groups excluding carboxylic acids is 2. The number of benzene rings is 2. The zero-order valence-electron chi connectivity index (χ0n) is 21.1. The molecule has 0 aromatic heterocycles. The van der Waals surface area contributed by atoms with Gasteiger partial charge in [-0.3, -0.25) is 4.79 Å². The van der Waals surface area contributed by atoms with Crippen LogP contribution in [0.1, 0.15) is 30.4 Å². The third-order valence-corrected chi connectivity index (χ3v) is 7.41. The SMILES string of the molecule is COc1ccc(NC(=O)N2C[C@H](O)COC[C@@H]3O[C@H](CC(=O)NC4Cc5ccccc5C4)CC[C@H]32)cc1. The molecule has 3 aliphatic rings. The Labute approximate surface area is 217 Å². The molecule has 2 aromatic rings. The van der Waals surface area contributed by atoms with Crippen molar-refractivity contribution in [2.75, 3.05) is 32.2 Å². The van der Waals surface area contributed by atoms with E-state index in [0.29, 0.717) is 24.3 Å². The lowest BCUT2D eigenvalue weighted by atomic mass is 9.95. The molecule has 4 atom stereocenters. The fraction of sp³-hybridized carbons (Fsp3) is 0.500. The van der Waals surface area contributed by atoms with E-state index in [2.05, 4.69) is 22.8 Å². The molecule has 3 N–H and O–H groups in total. The van der Waals surface area contributed by atoms with Gasteiger partial charge in [-0.2, -0.15) is 0 Å². The zero-order valence-corrected chi connectivity index (χ0v) is 21.1. The van der Waals surface area contributed by atoms with Crippen LogP contribution in [0.4, 0.5) is 10.5 Å². The maximum atomic E-state index is 13.2. The Morgan fingerprint density at radius 3 is 2.49 bits per heavy atom. The van der Waals surface area contributed by atoms with E-state index in [0.717, 1.165) is 12.8 Å². The first-order valence-corrected chi connectivity index (χ1v) is 13.0. The van der Waals surface area contributed by atoms with Gasteiger partial charge in [-0.1, -0.05) is 24.3 Å². The highest BCUT2D eigenvalue weighted by molar-refractivity contribution is 5.89. The second kappa shape index (κ2) is 11.5. The normalized spacial score (nSPS) is 25.8. The van der Waals surface area contributed by atoms with Gasteiger partial charge < -0.3 is 34.9 Å². The van der Waals surface area contributed by atoms with Crippen LogP contribution in [0.5, 0.6) is 5.75 Å². The highest BCUT2D eigenvalue weighted by Crippen LogP contribution is 2.29. The molecule has 5 rings (SSSR count). The summed E-state index contributed by atoms with van der Waals surface area (Å²) >= 11 is 0. The summed E-state index contributed by atoms with van der Waals surface area (Å²) in [6, 6.07) is 14.9. The summed E-state index contributed by atoms with van der Waals surface area (Å²) in [6.07, 6.45) is 1.86. The number of β-amino-alcohol motifs (C(OH)–C–C–N with tert-alkyl or cyclic N) is 1. The van der Waals surface area contributed by atoms with Crippen molar-refractivity contribution in [1.29, 1.82) is 0 Å². The number of rotatable bonds is 5. The molecule has 0 radical (unpaired) electrons. The Kier molecular flexibility index (Phi) is 7.93. The van der Waals surface area contributed by atoms with Crippen molar-refractivity contribution in [3.63, 3.8) is 0 Å². The molecule has 2 fully saturated rings. The number of methoxy groups -OCH3 is 1. The number of hydrogen-bond donors (Lipinski definition) is 3. The molecule has 0 unspecified atom stereocenters. The number of aliphatic hydroxyl groups is 1. The lowest BCUT2D eigenvalue weighted by Gasteiger charge is -2.44. The van der Waals surface area contributed by atoms with E-state index in [1.54, 1.807) is 36.3 Å². The standard InChI is InChI=1S/C28H35N3O6/c1-35-23-8-6-20(7-9-23)30-28(34)31-15-22(32)16-36-17-26-25(31)11-10-24(37-26)14-27(33)29-21-12-18-4-2-3-5-19(18)13-21/h2-9,21-22,24-26,32H,10-17H2,1H3,(H,29,33)(H,30,34)/t22-,24-,25+,26-/m0/s1. The smallest absolute Gasteiger partial charge is 0.322 e. The lowest BCUT2D eigenvalue weighted by molar-refractivity contribution is -0.150. The molecule has 37 heavy (non-hydrogen) atoms. The molecule has 2 heterocycles. The molecular formula is C28H35N3O6. The number of carbonyl (C=O) groups is 2. The van der Waals surface area contributed by atoms with Gasteiger partial charge >= 0.3 is 6.03 Å². The fourth-order valence-electron chi connectivity index (χ4n) is 5.60. The molecule has 0 bridgehead atoms. The van der Waals surface area contributed by atoms with Gasteiger partial charge in [0.25, 0.3) is 0 Å². The van der Waals surface area contributed by atoms with E-state index in [-0.39, 0.29) is 62.4 Å². The molecule has 0 spiro atoms. The van der Waals surface area contributed by atoms with Crippen molar-refractivity contribution >= 4 is 17.6 Å². The first-order valence-electron chi connectivity index (χ1n) is 13.0. The molecule has 198 valence electrons. The van der Waals surface area contributed by atoms with E-state index >= 15 is 0 Å². The number of anilines is 1. The first-order chi connectivity index (χ1) is 18.0. The summed E-state index contributed by atoms with van der Waals surface area (Å²) in [5.41, 5.74) is 3.23. The van der Waals surface area contributed by atoms with Crippen molar-refractivity contribution < 1.29 is 28.9 Å². The number of hydrogen-bond acceptors (Lipinski definition) is 6. The average molecular weight is 510 g/mol. The van der Waals surface area contributed by atoms with Gasteiger partial charge in [0.1, 0.15) is 11.9 Å². The highest BCUT2D eigenvalue weighted by Gasteiger charge is 2.40. The monoisotopic (exact) mass is 509 g/mol. The van der Waals surface area contributed by atoms with Gasteiger partial charge in [-0.15, -0.1) is 0 Å². The largest absolute Gasteiger partial charge is 0.497 e. The number of amides is 3. The number of urea groups is 1. The van der Waals surface area contributed by atoms with Crippen molar-refractivity contribution in [1.82, 2.24) is 10.2 Å². The number of ether oxygens (including phenoxy) is 3. The lowest BCUT2D eigenvalue weighted by Crippen LogP contribution is -2.58. The third kappa shape index (κ3) is 6.23. The summed E-state index contributed by atoms with van der Waals surface area (Å²) in [6.45, 7) is 0.510. The number of nitrogens with one attached hydrogen (secondary N) is 2. The van der Waals surface area contributed by atoms with Gasteiger partial charge in [0.15, 0.2) is 0 Å². The summed E-state index contributed by atoms with van der Waals surface area (Å²) < 4.78 is 17.2. The van der Waals surface area contributed by atoms with Gasteiger partial charge in [0.05, 0.1) is 51.5 Å². The predicted molar refractivity (Wildman–Crippen MR) is 138 cm³/mol. The minimum absolute atomic E-state index is 0.0162. The van der Waals surface area contributed by atoms with Crippen molar-refractivity contribution in [2.24, 2.45) is 0 Å². The minimum atomic E-state index is -0.790. The summed E-state index contributed by atoms with van der Waals surface area (Å²) in [7, 11) is 1.59. The quantitative estimate of drug-likeness (QED) is 0.572. The average Bonchev–Trinajstić information content (AvgIpc) is 3.29. The zero-order chi connectivity index (χ0) is 25.8. The fourth-order valence-corrected chi connectivity index (χ4v) is 5.60. The molecule has 0 saturated carbocycles. The Morgan fingerprint density at radius 2 is 1.78 bits per heavy atom. The van der Waals surface area contributed by atoms with E-state index < -0.39 is 6.10 Å². The number of nitrogens with zero attached hydrogens (tertiary/aromatic N) is 1. The molecule has 2 saturated heterocycles. The Bertz CT molecular complexity index is 1070. The maximum Gasteiger partial charge on any atom is 0.322 e. The third-order valence-electron chi connectivity index (χ3n) is 7.41.